The normalized spacial score (nSPS) is 12.4. The predicted octanol–water partition coefficient (Wildman–Crippen LogP) is 4.76. The minimum absolute atomic E-state index is 0.0917. The molecule has 0 aliphatic heterocycles. The Morgan fingerprint density at radius 1 is 1.17 bits per heavy atom. The SMILES string of the molecule is CC(N)c1cccc(SCc2ccccc2Br)c1. The van der Waals surface area contributed by atoms with E-state index in [1.807, 2.05) is 24.8 Å². The second-order valence-corrected chi connectivity index (χ2v) is 6.14. The molecule has 18 heavy (non-hydrogen) atoms. The van der Waals surface area contributed by atoms with Crippen molar-refractivity contribution in [1.29, 1.82) is 0 Å². The van der Waals surface area contributed by atoms with Gasteiger partial charge in [0.2, 0.25) is 0 Å². The monoisotopic (exact) mass is 321 g/mol. The zero-order chi connectivity index (χ0) is 13.0. The molecule has 0 amide bonds. The van der Waals surface area contributed by atoms with Gasteiger partial charge in [-0.2, -0.15) is 0 Å². The van der Waals surface area contributed by atoms with Gasteiger partial charge < -0.3 is 5.73 Å². The van der Waals surface area contributed by atoms with E-state index in [1.165, 1.54) is 20.5 Å². The molecule has 3 heteroatoms. The third-order valence-electron chi connectivity index (χ3n) is 2.74. The van der Waals surface area contributed by atoms with Crippen molar-refractivity contribution in [3.05, 3.63) is 64.1 Å². The molecule has 0 radical (unpaired) electrons. The van der Waals surface area contributed by atoms with Crippen molar-refractivity contribution in [2.45, 2.75) is 23.6 Å². The number of hydrogen-bond donors (Lipinski definition) is 1. The van der Waals surface area contributed by atoms with Crippen LogP contribution in [0.25, 0.3) is 0 Å². The maximum Gasteiger partial charge on any atom is 0.0266 e. The highest BCUT2D eigenvalue weighted by atomic mass is 79.9. The lowest BCUT2D eigenvalue weighted by Gasteiger charge is -2.08. The summed E-state index contributed by atoms with van der Waals surface area (Å²) in [7, 11) is 0. The first kappa shape index (κ1) is 13.7. The third kappa shape index (κ3) is 3.61. The van der Waals surface area contributed by atoms with Crippen molar-refractivity contribution in [3.63, 3.8) is 0 Å². The highest BCUT2D eigenvalue weighted by Gasteiger charge is 2.03. The van der Waals surface area contributed by atoms with Crippen LogP contribution in [0.2, 0.25) is 0 Å². The third-order valence-corrected chi connectivity index (χ3v) is 4.55. The topological polar surface area (TPSA) is 26.0 Å². The van der Waals surface area contributed by atoms with E-state index < -0.39 is 0 Å². The zero-order valence-corrected chi connectivity index (χ0v) is 12.7. The van der Waals surface area contributed by atoms with Crippen molar-refractivity contribution >= 4 is 27.7 Å². The number of thioether (sulfide) groups is 1. The molecule has 94 valence electrons. The van der Waals surface area contributed by atoms with Crippen LogP contribution >= 0.6 is 27.7 Å². The van der Waals surface area contributed by atoms with Gasteiger partial charge in [-0.1, -0.05) is 46.3 Å². The van der Waals surface area contributed by atoms with Crippen LogP contribution in [0.15, 0.2) is 57.9 Å². The summed E-state index contributed by atoms with van der Waals surface area (Å²) >= 11 is 5.41. The van der Waals surface area contributed by atoms with Crippen molar-refractivity contribution < 1.29 is 0 Å². The molecule has 0 saturated carbocycles. The Kier molecular flexibility index (Phi) is 4.87. The average molecular weight is 322 g/mol. The molecule has 2 N–H and O–H groups in total. The van der Waals surface area contributed by atoms with Crippen molar-refractivity contribution in [1.82, 2.24) is 0 Å². The summed E-state index contributed by atoms with van der Waals surface area (Å²) < 4.78 is 1.17. The van der Waals surface area contributed by atoms with Gasteiger partial charge in [-0.3, -0.25) is 0 Å². The largest absolute Gasteiger partial charge is 0.324 e. The van der Waals surface area contributed by atoms with Crippen LogP contribution in [-0.4, -0.2) is 0 Å². The summed E-state index contributed by atoms with van der Waals surface area (Å²) in [5, 5.41) is 0. The number of halogens is 1. The van der Waals surface area contributed by atoms with E-state index in [1.54, 1.807) is 0 Å². The van der Waals surface area contributed by atoms with E-state index in [0.29, 0.717) is 0 Å². The Hall–Kier alpha value is -0.770. The highest BCUT2D eigenvalue weighted by molar-refractivity contribution is 9.10. The second kappa shape index (κ2) is 6.41. The zero-order valence-electron chi connectivity index (χ0n) is 10.3. The lowest BCUT2D eigenvalue weighted by atomic mass is 10.1. The van der Waals surface area contributed by atoms with Gasteiger partial charge in [-0.25, -0.2) is 0 Å². The number of hydrogen-bond acceptors (Lipinski definition) is 2. The molecule has 2 rings (SSSR count). The first-order chi connectivity index (χ1) is 8.66. The van der Waals surface area contributed by atoms with E-state index in [4.69, 9.17) is 5.73 Å². The fourth-order valence-corrected chi connectivity index (χ4v) is 3.24. The fourth-order valence-electron chi connectivity index (χ4n) is 1.66. The molecule has 0 aliphatic carbocycles. The summed E-state index contributed by atoms with van der Waals surface area (Å²) in [5.74, 6) is 0.962. The molecule has 0 aromatic heterocycles. The molecule has 1 atom stereocenters. The maximum absolute atomic E-state index is 5.90. The maximum atomic E-state index is 5.90. The second-order valence-electron chi connectivity index (χ2n) is 4.24. The Bertz CT molecular complexity index is 525. The van der Waals surface area contributed by atoms with Crippen molar-refractivity contribution in [3.8, 4) is 0 Å². The van der Waals surface area contributed by atoms with Crippen LogP contribution in [0.4, 0.5) is 0 Å². The summed E-state index contributed by atoms with van der Waals surface area (Å²) in [5.41, 5.74) is 8.40. The molecule has 0 saturated heterocycles. The molecular weight excluding hydrogens is 306 g/mol. The summed E-state index contributed by atoms with van der Waals surface area (Å²) in [4.78, 5) is 1.26. The van der Waals surface area contributed by atoms with Gasteiger partial charge in [-0.15, -0.1) is 11.8 Å². The van der Waals surface area contributed by atoms with Crippen LogP contribution < -0.4 is 5.73 Å². The fraction of sp³-hybridized carbons (Fsp3) is 0.200. The van der Waals surface area contributed by atoms with E-state index in [0.717, 1.165) is 5.75 Å². The van der Waals surface area contributed by atoms with Gasteiger partial charge in [0.15, 0.2) is 0 Å². The van der Waals surface area contributed by atoms with Crippen LogP contribution in [0, 0.1) is 0 Å². The molecule has 2 aromatic rings. The van der Waals surface area contributed by atoms with Gasteiger partial charge in [0.25, 0.3) is 0 Å². The predicted molar refractivity (Wildman–Crippen MR) is 82.7 cm³/mol. The average Bonchev–Trinajstić information content (AvgIpc) is 2.38. The molecule has 2 aromatic carbocycles. The lowest BCUT2D eigenvalue weighted by Crippen LogP contribution is -2.04. The molecule has 1 unspecified atom stereocenters. The molecule has 1 nitrogen and oxygen atoms in total. The molecule has 0 fully saturated rings. The molecule has 0 aliphatic rings. The molecule has 0 heterocycles. The van der Waals surface area contributed by atoms with E-state index in [2.05, 4.69) is 58.4 Å². The standard InChI is InChI=1S/C15H16BrNS/c1-11(17)12-6-4-7-14(9-12)18-10-13-5-2-3-8-15(13)16/h2-9,11H,10,17H2,1H3. The Balaban J connectivity index is 2.07. The minimum Gasteiger partial charge on any atom is -0.324 e. The van der Waals surface area contributed by atoms with Crippen LogP contribution in [0.5, 0.6) is 0 Å². The number of rotatable bonds is 4. The van der Waals surface area contributed by atoms with Crippen molar-refractivity contribution in [2.75, 3.05) is 0 Å². The van der Waals surface area contributed by atoms with Crippen LogP contribution in [-0.2, 0) is 5.75 Å². The Morgan fingerprint density at radius 3 is 2.67 bits per heavy atom. The number of nitrogens with two attached hydrogens (primary N) is 1. The first-order valence-corrected chi connectivity index (χ1v) is 7.66. The highest BCUT2D eigenvalue weighted by Crippen LogP contribution is 2.28. The lowest BCUT2D eigenvalue weighted by molar-refractivity contribution is 0.815. The first-order valence-electron chi connectivity index (χ1n) is 5.88. The Labute approximate surface area is 121 Å². The molecular formula is C15H16BrNS. The van der Waals surface area contributed by atoms with Gasteiger partial charge in [0.1, 0.15) is 0 Å². The van der Waals surface area contributed by atoms with Crippen LogP contribution in [0.3, 0.4) is 0 Å². The summed E-state index contributed by atoms with van der Waals surface area (Å²) in [6.45, 7) is 2.01. The minimum atomic E-state index is 0.0917. The van der Waals surface area contributed by atoms with E-state index in [-0.39, 0.29) is 6.04 Å². The van der Waals surface area contributed by atoms with Gasteiger partial charge >= 0.3 is 0 Å². The smallest absolute Gasteiger partial charge is 0.0266 e. The van der Waals surface area contributed by atoms with Crippen molar-refractivity contribution in [2.24, 2.45) is 5.73 Å². The van der Waals surface area contributed by atoms with Gasteiger partial charge in [0, 0.05) is 21.2 Å². The molecule has 0 bridgehead atoms. The number of benzene rings is 2. The van der Waals surface area contributed by atoms with Crippen LogP contribution in [0.1, 0.15) is 24.1 Å². The summed E-state index contributed by atoms with van der Waals surface area (Å²) in [6.07, 6.45) is 0. The van der Waals surface area contributed by atoms with E-state index >= 15 is 0 Å². The van der Waals surface area contributed by atoms with Gasteiger partial charge in [-0.05, 0) is 36.2 Å². The molecule has 0 spiro atoms. The summed E-state index contributed by atoms with van der Waals surface area (Å²) in [6, 6.07) is 16.9. The van der Waals surface area contributed by atoms with E-state index in [9.17, 15) is 0 Å². The quantitative estimate of drug-likeness (QED) is 0.821. The van der Waals surface area contributed by atoms with Gasteiger partial charge in [0.05, 0.1) is 0 Å². The Morgan fingerprint density at radius 2 is 1.94 bits per heavy atom.